The first-order valence-corrected chi connectivity index (χ1v) is 6.20. The van der Waals surface area contributed by atoms with Gasteiger partial charge in [0, 0.05) is 5.56 Å². The third kappa shape index (κ3) is 3.31. The molecule has 0 aliphatic heterocycles. The molecule has 0 atom stereocenters. The van der Waals surface area contributed by atoms with E-state index < -0.39 is 0 Å². The summed E-state index contributed by atoms with van der Waals surface area (Å²) in [5, 5.41) is 0. The maximum atomic E-state index is 12.1. The molecule has 0 saturated heterocycles. The first kappa shape index (κ1) is 13.1. The fraction of sp³-hybridized carbons (Fsp3) is 0.200. The van der Waals surface area contributed by atoms with Crippen molar-refractivity contribution in [1.29, 1.82) is 0 Å². The van der Waals surface area contributed by atoms with Gasteiger partial charge in [0.15, 0.2) is 0 Å². The number of rotatable bonds is 5. The average Bonchev–Trinajstić information content (AvgIpc) is 2.46. The molecule has 0 bridgehead atoms. The van der Waals surface area contributed by atoms with Crippen molar-refractivity contribution in [3.63, 3.8) is 0 Å². The van der Waals surface area contributed by atoms with E-state index in [9.17, 15) is 4.79 Å². The van der Waals surface area contributed by atoms with Crippen molar-refractivity contribution in [2.24, 2.45) is 0 Å². The van der Waals surface area contributed by atoms with Crippen molar-refractivity contribution in [2.45, 2.75) is 13.3 Å². The average molecular weight is 256 g/mol. The summed E-state index contributed by atoms with van der Waals surface area (Å²) >= 11 is 0. The highest BCUT2D eigenvalue weighted by atomic mass is 16.5. The fourth-order valence-corrected chi connectivity index (χ4v) is 1.61. The van der Waals surface area contributed by atoms with Crippen LogP contribution in [0.5, 0.6) is 5.75 Å². The van der Waals surface area contributed by atoms with Gasteiger partial charge in [-0.15, -0.1) is 0 Å². The highest BCUT2D eigenvalue weighted by Gasteiger charge is 2.10. The molecule has 4 nitrogen and oxygen atoms in total. The Kier molecular flexibility index (Phi) is 4.13. The van der Waals surface area contributed by atoms with E-state index in [1.54, 1.807) is 36.4 Å². The molecule has 2 N–H and O–H groups in total. The first-order chi connectivity index (χ1) is 9.20. The lowest BCUT2D eigenvalue weighted by atomic mass is 10.1. The minimum Gasteiger partial charge on any atom is -0.494 e. The number of carbonyl (C=O) groups is 1. The molecule has 1 aromatic carbocycles. The van der Waals surface area contributed by atoms with Crippen LogP contribution in [0, 0.1) is 0 Å². The van der Waals surface area contributed by atoms with E-state index in [1.807, 2.05) is 6.92 Å². The summed E-state index contributed by atoms with van der Waals surface area (Å²) in [7, 11) is 0. The van der Waals surface area contributed by atoms with E-state index in [4.69, 9.17) is 10.5 Å². The number of anilines is 1. The minimum atomic E-state index is -0.123. The standard InChI is InChI=1S/C15H16N2O2/c1-2-9-19-13-6-3-11(4-7-13)15(18)14-8-5-12(16)10-17-14/h3-8,10H,2,9,16H2,1H3. The number of nitrogens with zero attached hydrogens (tertiary/aromatic N) is 1. The summed E-state index contributed by atoms with van der Waals surface area (Å²) in [6.07, 6.45) is 2.43. The second-order valence-corrected chi connectivity index (χ2v) is 4.18. The Hall–Kier alpha value is -2.36. The largest absolute Gasteiger partial charge is 0.494 e. The molecular formula is C15H16N2O2. The van der Waals surface area contributed by atoms with Gasteiger partial charge in [-0.3, -0.25) is 9.78 Å². The van der Waals surface area contributed by atoms with Gasteiger partial charge in [0.05, 0.1) is 18.5 Å². The molecule has 19 heavy (non-hydrogen) atoms. The summed E-state index contributed by atoms with van der Waals surface area (Å²) < 4.78 is 5.47. The minimum absolute atomic E-state index is 0.123. The molecule has 0 unspecified atom stereocenters. The molecule has 2 aromatic rings. The SMILES string of the molecule is CCCOc1ccc(C(=O)c2ccc(N)cn2)cc1. The van der Waals surface area contributed by atoms with Crippen LogP contribution in [0.1, 0.15) is 29.4 Å². The summed E-state index contributed by atoms with van der Waals surface area (Å²) in [6, 6.07) is 10.4. The number of carbonyl (C=O) groups excluding carboxylic acids is 1. The summed E-state index contributed by atoms with van der Waals surface area (Å²) in [6.45, 7) is 2.72. The molecular weight excluding hydrogens is 240 g/mol. The van der Waals surface area contributed by atoms with Crippen molar-refractivity contribution in [3.8, 4) is 5.75 Å². The van der Waals surface area contributed by atoms with Crippen molar-refractivity contribution in [1.82, 2.24) is 4.98 Å². The number of nitrogen functional groups attached to an aromatic ring is 1. The highest BCUT2D eigenvalue weighted by molar-refractivity contribution is 6.07. The van der Waals surface area contributed by atoms with E-state index in [2.05, 4.69) is 4.98 Å². The van der Waals surface area contributed by atoms with Gasteiger partial charge in [0.25, 0.3) is 0 Å². The Bertz CT molecular complexity index is 547. The summed E-state index contributed by atoms with van der Waals surface area (Å²) in [4.78, 5) is 16.2. The summed E-state index contributed by atoms with van der Waals surface area (Å²) in [5.41, 5.74) is 7.05. The molecule has 1 heterocycles. The topological polar surface area (TPSA) is 65.2 Å². The van der Waals surface area contributed by atoms with Crippen LogP contribution in [0.3, 0.4) is 0 Å². The molecule has 0 saturated carbocycles. The number of nitrogens with two attached hydrogens (primary N) is 1. The van der Waals surface area contributed by atoms with Gasteiger partial charge in [-0.1, -0.05) is 6.92 Å². The van der Waals surface area contributed by atoms with Gasteiger partial charge >= 0.3 is 0 Å². The predicted octanol–water partition coefficient (Wildman–Crippen LogP) is 2.68. The van der Waals surface area contributed by atoms with Gasteiger partial charge in [0.2, 0.25) is 5.78 Å². The third-order valence-electron chi connectivity index (χ3n) is 2.61. The van der Waals surface area contributed by atoms with Crippen LogP contribution in [0.2, 0.25) is 0 Å². The first-order valence-electron chi connectivity index (χ1n) is 6.20. The quantitative estimate of drug-likeness (QED) is 0.835. The smallest absolute Gasteiger partial charge is 0.211 e. The molecule has 0 radical (unpaired) electrons. The molecule has 1 aromatic heterocycles. The normalized spacial score (nSPS) is 10.2. The lowest BCUT2D eigenvalue weighted by Crippen LogP contribution is -2.04. The Morgan fingerprint density at radius 3 is 2.53 bits per heavy atom. The van der Waals surface area contributed by atoms with E-state index in [1.165, 1.54) is 6.20 Å². The second kappa shape index (κ2) is 6.00. The number of pyridine rings is 1. The Morgan fingerprint density at radius 1 is 1.21 bits per heavy atom. The second-order valence-electron chi connectivity index (χ2n) is 4.18. The molecule has 0 aliphatic rings. The van der Waals surface area contributed by atoms with Crippen molar-refractivity contribution < 1.29 is 9.53 Å². The fourth-order valence-electron chi connectivity index (χ4n) is 1.61. The van der Waals surface area contributed by atoms with Crippen LogP contribution in [0.4, 0.5) is 5.69 Å². The molecule has 0 spiro atoms. The molecule has 4 heteroatoms. The number of ketones is 1. The molecule has 2 rings (SSSR count). The number of hydrogen-bond donors (Lipinski definition) is 1. The van der Waals surface area contributed by atoms with E-state index in [0.29, 0.717) is 23.6 Å². The van der Waals surface area contributed by atoms with Crippen molar-refractivity contribution >= 4 is 11.5 Å². The molecule has 0 amide bonds. The van der Waals surface area contributed by atoms with Crippen LogP contribution < -0.4 is 10.5 Å². The van der Waals surface area contributed by atoms with Gasteiger partial charge in [-0.25, -0.2) is 0 Å². The number of aromatic nitrogens is 1. The Balaban J connectivity index is 2.13. The van der Waals surface area contributed by atoms with Crippen LogP contribution in [0.15, 0.2) is 42.6 Å². The number of benzene rings is 1. The van der Waals surface area contributed by atoms with Crippen molar-refractivity contribution in [3.05, 3.63) is 53.9 Å². The van der Waals surface area contributed by atoms with Gasteiger partial charge < -0.3 is 10.5 Å². The molecule has 0 fully saturated rings. The van der Waals surface area contributed by atoms with Crippen LogP contribution in [-0.4, -0.2) is 17.4 Å². The van der Waals surface area contributed by atoms with Gasteiger partial charge in [-0.2, -0.15) is 0 Å². The summed E-state index contributed by atoms with van der Waals surface area (Å²) in [5.74, 6) is 0.644. The van der Waals surface area contributed by atoms with Gasteiger partial charge in [-0.05, 0) is 42.8 Å². The van der Waals surface area contributed by atoms with E-state index >= 15 is 0 Å². The van der Waals surface area contributed by atoms with Crippen molar-refractivity contribution in [2.75, 3.05) is 12.3 Å². The maximum absolute atomic E-state index is 12.1. The lowest BCUT2D eigenvalue weighted by Gasteiger charge is -2.05. The van der Waals surface area contributed by atoms with E-state index in [0.717, 1.165) is 12.2 Å². The highest BCUT2D eigenvalue weighted by Crippen LogP contribution is 2.15. The molecule has 0 aliphatic carbocycles. The van der Waals surface area contributed by atoms with Crippen LogP contribution >= 0.6 is 0 Å². The van der Waals surface area contributed by atoms with Crippen LogP contribution in [0.25, 0.3) is 0 Å². The zero-order valence-electron chi connectivity index (χ0n) is 10.8. The van der Waals surface area contributed by atoms with Gasteiger partial charge in [0.1, 0.15) is 11.4 Å². The third-order valence-corrected chi connectivity index (χ3v) is 2.61. The maximum Gasteiger partial charge on any atom is 0.211 e. The number of hydrogen-bond acceptors (Lipinski definition) is 4. The zero-order chi connectivity index (χ0) is 13.7. The lowest BCUT2D eigenvalue weighted by molar-refractivity contribution is 0.103. The van der Waals surface area contributed by atoms with E-state index in [-0.39, 0.29) is 5.78 Å². The monoisotopic (exact) mass is 256 g/mol. The predicted molar refractivity (Wildman–Crippen MR) is 74.3 cm³/mol. The Labute approximate surface area is 112 Å². The van der Waals surface area contributed by atoms with Crippen LogP contribution in [-0.2, 0) is 0 Å². The molecule has 98 valence electrons. The zero-order valence-corrected chi connectivity index (χ0v) is 10.8. The number of ether oxygens (including phenoxy) is 1. The Morgan fingerprint density at radius 2 is 1.95 bits per heavy atom.